The Bertz CT molecular complexity index is 342. The van der Waals surface area contributed by atoms with Gasteiger partial charge in [0.25, 0.3) is 0 Å². The second-order valence-corrected chi connectivity index (χ2v) is 4.38. The van der Waals surface area contributed by atoms with E-state index in [1.807, 2.05) is 11.6 Å². The van der Waals surface area contributed by atoms with Crippen LogP contribution in [0, 0.1) is 0 Å². The van der Waals surface area contributed by atoms with Crippen molar-refractivity contribution in [3.05, 3.63) is 12.2 Å². The first-order valence-corrected chi connectivity index (χ1v) is 6.23. The van der Waals surface area contributed by atoms with E-state index in [4.69, 9.17) is 10.8 Å². The maximum Gasteiger partial charge on any atom is 0.320 e. The molecule has 1 atom stereocenters. The maximum absolute atomic E-state index is 10.5. The third-order valence-electron chi connectivity index (χ3n) is 2.12. The van der Waals surface area contributed by atoms with Crippen LogP contribution in [0.3, 0.4) is 0 Å². The van der Waals surface area contributed by atoms with E-state index in [2.05, 4.69) is 10.1 Å². The van der Waals surface area contributed by atoms with Crippen molar-refractivity contribution in [3.8, 4) is 0 Å². The SMILES string of the molecule is CCn1ncnc1CSCCC(N)C(=O)O. The van der Waals surface area contributed by atoms with Crippen molar-refractivity contribution >= 4 is 17.7 Å². The molecule has 0 radical (unpaired) electrons. The van der Waals surface area contributed by atoms with Gasteiger partial charge in [-0.15, -0.1) is 0 Å². The van der Waals surface area contributed by atoms with Crippen LogP contribution in [0.25, 0.3) is 0 Å². The van der Waals surface area contributed by atoms with Gasteiger partial charge in [0, 0.05) is 6.54 Å². The molecule has 1 unspecified atom stereocenters. The third-order valence-corrected chi connectivity index (χ3v) is 3.10. The quantitative estimate of drug-likeness (QED) is 0.671. The molecule has 0 saturated carbocycles. The van der Waals surface area contributed by atoms with Gasteiger partial charge in [0.15, 0.2) is 0 Å². The molecule has 0 saturated heterocycles. The Balaban J connectivity index is 2.23. The highest BCUT2D eigenvalue weighted by atomic mass is 32.2. The molecule has 7 heteroatoms. The normalized spacial score (nSPS) is 12.6. The summed E-state index contributed by atoms with van der Waals surface area (Å²) in [5.41, 5.74) is 5.39. The minimum absolute atomic E-state index is 0.472. The van der Waals surface area contributed by atoms with Gasteiger partial charge in [-0.25, -0.2) is 9.67 Å². The molecule has 0 aromatic carbocycles. The summed E-state index contributed by atoms with van der Waals surface area (Å²) in [7, 11) is 0. The number of carbonyl (C=O) groups is 1. The Labute approximate surface area is 98.2 Å². The summed E-state index contributed by atoms with van der Waals surface area (Å²) in [5, 5.41) is 12.6. The van der Waals surface area contributed by atoms with Gasteiger partial charge in [-0.3, -0.25) is 4.79 Å². The number of carboxylic acid groups (broad SMARTS) is 1. The Morgan fingerprint density at radius 3 is 3.12 bits per heavy atom. The number of carboxylic acids is 1. The van der Waals surface area contributed by atoms with Gasteiger partial charge in [-0.2, -0.15) is 16.9 Å². The zero-order valence-corrected chi connectivity index (χ0v) is 9.98. The molecule has 1 rings (SSSR count). The summed E-state index contributed by atoms with van der Waals surface area (Å²) in [6, 6.07) is -0.767. The average molecular weight is 244 g/mol. The first-order valence-electron chi connectivity index (χ1n) is 5.08. The lowest BCUT2D eigenvalue weighted by Gasteiger charge is -2.06. The van der Waals surface area contributed by atoms with E-state index in [1.165, 1.54) is 6.33 Å². The van der Waals surface area contributed by atoms with E-state index in [0.29, 0.717) is 12.2 Å². The van der Waals surface area contributed by atoms with Crippen LogP contribution >= 0.6 is 11.8 Å². The van der Waals surface area contributed by atoms with Crippen LogP contribution in [0.2, 0.25) is 0 Å². The van der Waals surface area contributed by atoms with Gasteiger partial charge >= 0.3 is 5.97 Å². The lowest BCUT2D eigenvalue weighted by molar-refractivity contribution is -0.138. The number of aliphatic carboxylic acids is 1. The van der Waals surface area contributed by atoms with Crippen molar-refractivity contribution in [2.45, 2.75) is 31.7 Å². The topological polar surface area (TPSA) is 94.0 Å². The van der Waals surface area contributed by atoms with Gasteiger partial charge < -0.3 is 10.8 Å². The minimum atomic E-state index is -0.947. The van der Waals surface area contributed by atoms with Gasteiger partial charge in [0.1, 0.15) is 18.2 Å². The fraction of sp³-hybridized carbons (Fsp3) is 0.667. The number of thioether (sulfide) groups is 1. The van der Waals surface area contributed by atoms with Crippen LogP contribution in [0.15, 0.2) is 6.33 Å². The fourth-order valence-corrected chi connectivity index (χ4v) is 2.13. The lowest BCUT2D eigenvalue weighted by atomic mass is 10.2. The van der Waals surface area contributed by atoms with Crippen molar-refractivity contribution in [3.63, 3.8) is 0 Å². The Hall–Kier alpha value is -1.08. The second kappa shape index (κ2) is 6.49. The first-order chi connectivity index (χ1) is 7.65. The van der Waals surface area contributed by atoms with Crippen LogP contribution in [0.1, 0.15) is 19.2 Å². The first kappa shape index (κ1) is 13.0. The van der Waals surface area contributed by atoms with E-state index in [0.717, 1.165) is 18.1 Å². The number of rotatable bonds is 7. The molecule has 1 heterocycles. The minimum Gasteiger partial charge on any atom is -0.480 e. The van der Waals surface area contributed by atoms with Crippen molar-refractivity contribution in [1.82, 2.24) is 14.8 Å². The van der Waals surface area contributed by atoms with Gasteiger partial charge in [0.2, 0.25) is 0 Å². The Morgan fingerprint density at radius 2 is 2.50 bits per heavy atom. The molecule has 1 aromatic rings. The standard InChI is InChI=1S/C9H16N4O2S/c1-2-13-8(11-6-12-13)5-16-4-3-7(10)9(14)15/h6-7H,2-5,10H2,1H3,(H,14,15). The molecule has 0 amide bonds. The zero-order chi connectivity index (χ0) is 12.0. The predicted octanol–water partition coefficient (Wildman–Crippen LogP) is 0.333. The van der Waals surface area contributed by atoms with E-state index in [1.54, 1.807) is 11.8 Å². The van der Waals surface area contributed by atoms with E-state index >= 15 is 0 Å². The van der Waals surface area contributed by atoms with E-state index in [-0.39, 0.29) is 0 Å². The molecule has 0 aliphatic carbocycles. The molecule has 0 fully saturated rings. The largest absolute Gasteiger partial charge is 0.480 e. The van der Waals surface area contributed by atoms with Crippen molar-refractivity contribution in [1.29, 1.82) is 0 Å². The van der Waals surface area contributed by atoms with Gasteiger partial charge in [-0.05, 0) is 19.1 Å². The smallest absolute Gasteiger partial charge is 0.320 e. The molecule has 0 spiro atoms. The summed E-state index contributed by atoms with van der Waals surface area (Å²) in [4.78, 5) is 14.6. The van der Waals surface area contributed by atoms with Crippen molar-refractivity contribution in [2.24, 2.45) is 5.73 Å². The number of aryl methyl sites for hydroxylation is 1. The molecule has 0 aliphatic rings. The summed E-state index contributed by atoms with van der Waals surface area (Å²) in [6.07, 6.45) is 2.00. The number of hydrogen-bond donors (Lipinski definition) is 2. The molecular formula is C9H16N4O2S. The number of hydrogen-bond acceptors (Lipinski definition) is 5. The van der Waals surface area contributed by atoms with Crippen LogP contribution in [-0.4, -0.2) is 37.6 Å². The van der Waals surface area contributed by atoms with Crippen molar-refractivity contribution in [2.75, 3.05) is 5.75 Å². The molecular weight excluding hydrogens is 228 g/mol. The Kier molecular flexibility index (Phi) is 5.27. The van der Waals surface area contributed by atoms with Crippen LogP contribution in [0.5, 0.6) is 0 Å². The van der Waals surface area contributed by atoms with Crippen LogP contribution in [0.4, 0.5) is 0 Å². The monoisotopic (exact) mass is 244 g/mol. The van der Waals surface area contributed by atoms with E-state index < -0.39 is 12.0 Å². The van der Waals surface area contributed by atoms with Crippen LogP contribution < -0.4 is 5.73 Å². The average Bonchev–Trinajstić information content (AvgIpc) is 2.71. The predicted molar refractivity (Wildman–Crippen MR) is 62.1 cm³/mol. The highest BCUT2D eigenvalue weighted by Gasteiger charge is 2.10. The maximum atomic E-state index is 10.5. The highest BCUT2D eigenvalue weighted by Crippen LogP contribution is 2.11. The second-order valence-electron chi connectivity index (χ2n) is 3.28. The van der Waals surface area contributed by atoms with Crippen molar-refractivity contribution < 1.29 is 9.90 Å². The summed E-state index contributed by atoms with van der Waals surface area (Å²) >= 11 is 1.62. The molecule has 6 nitrogen and oxygen atoms in total. The van der Waals surface area contributed by atoms with Gasteiger partial charge in [-0.1, -0.05) is 0 Å². The summed E-state index contributed by atoms with van der Waals surface area (Å²) in [5.74, 6) is 1.42. The van der Waals surface area contributed by atoms with E-state index in [9.17, 15) is 4.79 Å². The molecule has 16 heavy (non-hydrogen) atoms. The third kappa shape index (κ3) is 3.82. The molecule has 0 bridgehead atoms. The lowest BCUT2D eigenvalue weighted by Crippen LogP contribution is -2.30. The highest BCUT2D eigenvalue weighted by molar-refractivity contribution is 7.98. The zero-order valence-electron chi connectivity index (χ0n) is 9.17. The Morgan fingerprint density at radius 1 is 1.75 bits per heavy atom. The fourth-order valence-electron chi connectivity index (χ4n) is 1.16. The molecule has 90 valence electrons. The number of nitrogens with two attached hydrogens (primary N) is 1. The van der Waals surface area contributed by atoms with Crippen LogP contribution in [-0.2, 0) is 17.1 Å². The summed E-state index contributed by atoms with van der Waals surface area (Å²) in [6.45, 7) is 2.80. The van der Waals surface area contributed by atoms with Gasteiger partial charge in [0.05, 0.1) is 5.75 Å². The summed E-state index contributed by atoms with van der Waals surface area (Å²) < 4.78 is 1.82. The molecule has 0 aliphatic heterocycles. The number of aromatic nitrogens is 3. The molecule has 1 aromatic heterocycles. The molecule has 3 N–H and O–H groups in total. The number of nitrogens with zero attached hydrogens (tertiary/aromatic N) is 3.